The zero-order valence-electron chi connectivity index (χ0n) is 8.73. The van der Waals surface area contributed by atoms with Gasteiger partial charge in [0.05, 0.1) is 5.56 Å². The summed E-state index contributed by atoms with van der Waals surface area (Å²) in [5.41, 5.74) is -0.491. The lowest BCUT2D eigenvalue weighted by atomic mass is 10.1. The first-order valence-electron chi connectivity index (χ1n) is 4.82. The van der Waals surface area contributed by atoms with Gasteiger partial charge in [0.15, 0.2) is 23.2 Å². The Hall–Kier alpha value is -1.36. The van der Waals surface area contributed by atoms with Crippen LogP contribution in [0.1, 0.15) is 23.7 Å². The van der Waals surface area contributed by atoms with Gasteiger partial charge in [0.2, 0.25) is 0 Å². The first-order valence-corrected chi connectivity index (χ1v) is 4.82. The fraction of sp³-hybridized carbons (Fsp3) is 0.364. The van der Waals surface area contributed by atoms with Gasteiger partial charge >= 0.3 is 0 Å². The molecule has 0 spiro atoms. The van der Waals surface area contributed by atoms with E-state index in [2.05, 4.69) is 0 Å². The van der Waals surface area contributed by atoms with Crippen molar-refractivity contribution in [2.45, 2.75) is 13.3 Å². The number of Topliss-reactive ketones (excluding diaryl/α,β-unsaturated/α-hetero) is 1. The van der Waals surface area contributed by atoms with Crippen molar-refractivity contribution in [3.05, 3.63) is 35.1 Å². The molecule has 0 unspecified atom stereocenters. The van der Waals surface area contributed by atoms with Crippen LogP contribution in [-0.2, 0) is 4.74 Å². The lowest BCUT2D eigenvalue weighted by Crippen LogP contribution is -2.13. The number of carbonyl (C=O) groups excluding carboxylic acids is 1. The maximum absolute atomic E-state index is 13.1. The second-order valence-electron chi connectivity index (χ2n) is 3.20. The van der Waals surface area contributed by atoms with E-state index in [1.54, 1.807) is 0 Å². The summed E-state index contributed by atoms with van der Waals surface area (Å²) in [4.78, 5) is 11.3. The van der Waals surface area contributed by atoms with E-state index in [0.717, 1.165) is 6.07 Å². The van der Waals surface area contributed by atoms with E-state index in [4.69, 9.17) is 4.74 Å². The number of rotatable bonds is 5. The largest absolute Gasteiger partial charge is 0.373 e. The third-order valence-corrected chi connectivity index (χ3v) is 1.92. The van der Waals surface area contributed by atoms with Gasteiger partial charge in [-0.15, -0.1) is 0 Å². The van der Waals surface area contributed by atoms with Gasteiger partial charge in [-0.2, -0.15) is 0 Å². The summed E-state index contributed by atoms with van der Waals surface area (Å²) in [6, 6.07) is 1.62. The first kappa shape index (κ1) is 12.7. The van der Waals surface area contributed by atoms with Crippen molar-refractivity contribution in [3.8, 4) is 0 Å². The van der Waals surface area contributed by atoms with E-state index >= 15 is 0 Å². The Balaban J connectivity index is 2.80. The van der Waals surface area contributed by atoms with Crippen molar-refractivity contribution < 1.29 is 22.7 Å². The van der Waals surface area contributed by atoms with Crippen LogP contribution >= 0.6 is 0 Å². The van der Waals surface area contributed by atoms with Crippen molar-refractivity contribution in [3.63, 3.8) is 0 Å². The zero-order chi connectivity index (χ0) is 12.1. The van der Waals surface area contributed by atoms with Crippen LogP contribution < -0.4 is 0 Å². The number of ether oxygens (including phenoxy) is 1. The van der Waals surface area contributed by atoms with E-state index in [1.807, 2.05) is 6.92 Å². The predicted molar refractivity (Wildman–Crippen MR) is 51.8 cm³/mol. The Bertz CT molecular complexity index is 391. The molecule has 0 amide bonds. The van der Waals surface area contributed by atoms with Crippen molar-refractivity contribution in [2.75, 3.05) is 13.2 Å². The molecule has 0 radical (unpaired) electrons. The van der Waals surface area contributed by atoms with E-state index in [0.29, 0.717) is 19.1 Å². The molecule has 0 saturated carbocycles. The normalized spacial score (nSPS) is 10.5. The lowest BCUT2D eigenvalue weighted by molar-refractivity contribution is 0.0756. The molecule has 5 heteroatoms. The van der Waals surface area contributed by atoms with Gasteiger partial charge in [-0.1, -0.05) is 6.92 Å². The molecule has 0 saturated heterocycles. The minimum absolute atomic E-state index is 0.337. The molecule has 0 aliphatic rings. The average molecular weight is 232 g/mol. The van der Waals surface area contributed by atoms with Crippen LogP contribution in [0.4, 0.5) is 13.2 Å². The third-order valence-electron chi connectivity index (χ3n) is 1.92. The molecule has 0 heterocycles. The van der Waals surface area contributed by atoms with Crippen LogP contribution in [-0.4, -0.2) is 19.0 Å². The molecule has 2 nitrogen and oxygen atoms in total. The Morgan fingerprint density at radius 3 is 2.56 bits per heavy atom. The average Bonchev–Trinajstić information content (AvgIpc) is 2.26. The highest BCUT2D eigenvalue weighted by molar-refractivity contribution is 5.97. The van der Waals surface area contributed by atoms with Gasteiger partial charge in [-0.3, -0.25) is 4.79 Å². The predicted octanol–water partition coefficient (Wildman–Crippen LogP) is 2.71. The van der Waals surface area contributed by atoms with E-state index in [1.165, 1.54) is 0 Å². The number of hydrogen-bond acceptors (Lipinski definition) is 2. The van der Waals surface area contributed by atoms with Gasteiger partial charge in [0.1, 0.15) is 6.61 Å². The molecule has 1 aromatic carbocycles. The van der Waals surface area contributed by atoms with E-state index in [9.17, 15) is 18.0 Å². The fourth-order valence-electron chi connectivity index (χ4n) is 1.13. The quantitative estimate of drug-likeness (QED) is 0.443. The monoisotopic (exact) mass is 232 g/mol. The van der Waals surface area contributed by atoms with Crippen molar-refractivity contribution in [1.29, 1.82) is 0 Å². The molecule has 88 valence electrons. The van der Waals surface area contributed by atoms with Crippen LogP contribution in [0.2, 0.25) is 0 Å². The highest BCUT2D eigenvalue weighted by Crippen LogP contribution is 2.15. The molecule has 1 aromatic rings. The highest BCUT2D eigenvalue weighted by Gasteiger charge is 2.18. The molecule has 1 rings (SSSR count). The molecule has 16 heavy (non-hydrogen) atoms. The second-order valence-corrected chi connectivity index (χ2v) is 3.20. The number of carbonyl (C=O) groups is 1. The summed E-state index contributed by atoms with van der Waals surface area (Å²) < 4.78 is 43.4. The summed E-state index contributed by atoms with van der Waals surface area (Å²) in [5, 5.41) is 0. The molecule has 0 fully saturated rings. The van der Waals surface area contributed by atoms with Crippen molar-refractivity contribution in [2.24, 2.45) is 0 Å². The first-order chi connectivity index (χ1) is 7.57. The fourth-order valence-corrected chi connectivity index (χ4v) is 1.13. The topological polar surface area (TPSA) is 26.3 Å². The Labute approximate surface area is 91.0 Å². The molecule has 0 aliphatic heterocycles. The summed E-state index contributed by atoms with van der Waals surface area (Å²) >= 11 is 0. The van der Waals surface area contributed by atoms with Crippen LogP contribution in [0.25, 0.3) is 0 Å². The third kappa shape index (κ3) is 2.82. The van der Waals surface area contributed by atoms with Gasteiger partial charge in [0.25, 0.3) is 0 Å². The minimum atomic E-state index is -1.64. The van der Waals surface area contributed by atoms with Crippen LogP contribution in [0.3, 0.4) is 0 Å². The smallest absolute Gasteiger partial charge is 0.195 e. The van der Waals surface area contributed by atoms with Crippen molar-refractivity contribution >= 4 is 5.78 Å². The highest BCUT2D eigenvalue weighted by atomic mass is 19.2. The van der Waals surface area contributed by atoms with Crippen LogP contribution in [0, 0.1) is 17.5 Å². The molecule has 0 bridgehead atoms. The van der Waals surface area contributed by atoms with Crippen molar-refractivity contribution in [1.82, 2.24) is 0 Å². The van der Waals surface area contributed by atoms with Gasteiger partial charge in [0, 0.05) is 6.61 Å². The standard InChI is InChI=1S/C11H11F3O2/c1-2-5-16-6-9(15)7-3-4-8(12)11(14)10(7)13/h3-4H,2,5-6H2,1H3. The maximum atomic E-state index is 13.1. The molecular weight excluding hydrogens is 221 g/mol. The summed E-state index contributed by atoms with van der Waals surface area (Å²) in [6.45, 7) is 1.87. The second kappa shape index (κ2) is 5.65. The summed E-state index contributed by atoms with van der Waals surface area (Å²) in [5.74, 6) is -5.13. The van der Waals surface area contributed by atoms with E-state index in [-0.39, 0.29) is 6.61 Å². The SMILES string of the molecule is CCCOCC(=O)c1ccc(F)c(F)c1F. The Morgan fingerprint density at radius 2 is 1.94 bits per heavy atom. The zero-order valence-corrected chi connectivity index (χ0v) is 8.73. The van der Waals surface area contributed by atoms with Gasteiger partial charge in [-0.25, -0.2) is 13.2 Å². The van der Waals surface area contributed by atoms with Gasteiger partial charge < -0.3 is 4.74 Å². The van der Waals surface area contributed by atoms with Crippen LogP contribution in [0.15, 0.2) is 12.1 Å². The number of benzene rings is 1. The maximum Gasteiger partial charge on any atom is 0.195 e. The van der Waals surface area contributed by atoms with E-state index < -0.39 is 28.8 Å². The van der Waals surface area contributed by atoms with Crippen LogP contribution in [0.5, 0.6) is 0 Å². The summed E-state index contributed by atoms with van der Waals surface area (Å²) in [7, 11) is 0. The van der Waals surface area contributed by atoms with Gasteiger partial charge in [-0.05, 0) is 18.6 Å². The molecule has 0 atom stereocenters. The number of hydrogen-bond donors (Lipinski definition) is 0. The minimum Gasteiger partial charge on any atom is -0.373 e. The molecule has 0 aliphatic carbocycles. The lowest BCUT2D eigenvalue weighted by Gasteiger charge is -2.04. The Kier molecular flexibility index (Phi) is 4.49. The number of ketones is 1. The number of halogens is 3. The summed E-state index contributed by atoms with van der Waals surface area (Å²) in [6.07, 6.45) is 0.716. The Morgan fingerprint density at radius 1 is 1.25 bits per heavy atom. The molecular formula is C11H11F3O2. The molecule has 0 aromatic heterocycles. The molecule has 0 N–H and O–H groups in total.